The highest BCUT2D eigenvalue weighted by molar-refractivity contribution is 5.85. The molecule has 1 aliphatic rings. The lowest BCUT2D eigenvalue weighted by Crippen LogP contribution is -1.98. The molecular weight excluding hydrogens is 470 g/mol. The number of ether oxygens (including phenoxy) is 2. The molecule has 5 heteroatoms. The lowest BCUT2D eigenvalue weighted by molar-refractivity contribution is 0.354. The summed E-state index contributed by atoms with van der Waals surface area (Å²) in [6.07, 6.45) is 7.48. The second kappa shape index (κ2) is 19.8. The first-order valence-electron chi connectivity index (χ1n) is 13.9. The molecular formula is C33H51N3O2. The van der Waals surface area contributed by atoms with Crippen LogP contribution in [0.15, 0.2) is 60.0 Å². The van der Waals surface area contributed by atoms with Crippen molar-refractivity contribution >= 4 is 6.21 Å². The Labute approximate surface area is 232 Å². The molecule has 1 aromatic carbocycles. The van der Waals surface area contributed by atoms with Gasteiger partial charge < -0.3 is 9.47 Å². The van der Waals surface area contributed by atoms with E-state index in [4.69, 9.17) is 9.47 Å². The van der Waals surface area contributed by atoms with E-state index in [1.807, 2.05) is 76.8 Å². The molecule has 0 saturated heterocycles. The number of benzene rings is 1. The molecule has 0 fully saturated rings. The average Bonchev–Trinajstić information content (AvgIpc) is 3.45. The van der Waals surface area contributed by atoms with Crippen molar-refractivity contribution in [2.45, 2.75) is 93.5 Å². The van der Waals surface area contributed by atoms with Gasteiger partial charge in [0.25, 0.3) is 0 Å². The van der Waals surface area contributed by atoms with Gasteiger partial charge in [0.1, 0.15) is 0 Å². The third-order valence-corrected chi connectivity index (χ3v) is 5.64. The van der Waals surface area contributed by atoms with Crippen molar-refractivity contribution < 1.29 is 9.47 Å². The molecule has 3 heterocycles. The summed E-state index contributed by atoms with van der Waals surface area (Å²) in [6, 6.07) is 12.2. The van der Waals surface area contributed by atoms with Crippen molar-refractivity contribution in [2.24, 2.45) is 4.99 Å². The van der Waals surface area contributed by atoms with Crippen LogP contribution in [0.4, 0.5) is 0 Å². The van der Waals surface area contributed by atoms with Gasteiger partial charge in [-0.1, -0.05) is 75.3 Å². The molecule has 38 heavy (non-hydrogen) atoms. The van der Waals surface area contributed by atoms with Crippen LogP contribution >= 0.6 is 0 Å². The molecule has 3 aromatic rings. The Morgan fingerprint density at radius 1 is 0.658 bits per heavy atom. The van der Waals surface area contributed by atoms with E-state index in [2.05, 4.69) is 68.6 Å². The Morgan fingerprint density at radius 2 is 1.24 bits per heavy atom. The zero-order valence-electron chi connectivity index (χ0n) is 25.9. The molecule has 4 rings (SSSR count). The molecule has 0 radical (unpaired) electrons. The summed E-state index contributed by atoms with van der Waals surface area (Å²) in [5.74, 6) is 3.28. The summed E-state index contributed by atoms with van der Waals surface area (Å²) in [7, 11) is 3.30. The summed E-state index contributed by atoms with van der Waals surface area (Å²) < 4.78 is 10.3. The van der Waals surface area contributed by atoms with Crippen LogP contribution in [0.25, 0.3) is 0 Å². The molecule has 0 N–H and O–H groups in total. The minimum absolute atomic E-state index is 0.514. The third-order valence-electron chi connectivity index (χ3n) is 5.64. The highest BCUT2D eigenvalue weighted by atomic mass is 16.5. The summed E-state index contributed by atoms with van der Waals surface area (Å²) in [5, 5.41) is 0. The summed E-state index contributed by atoms with van der Waals surface area (Å²) in [5.41, 5.74) is 6.35. The predicted molar refractivity (Wildman–Crippen MR) is 164 cm³/mol. The SMILES string of the molecule is CC.CC.CC(C)c1ccnc2c1C=NC2.CC(C)c1ccncc1.COc1ccc(C(C)C)cc1OC. The molecule has 0 bridgehead atoms. The van der Waals surface area contributed by atoms with Crippen molar-refractivity contribution in [3.63, 3.8) is 0 Å². The van der Waals surface area contributed by atoms with Gasteiger partial charge in [0.15, 0.2) is 11.5 Å². The maximum Gasteiger partial charge on any atom is 0.160 e. The fraction of sp³-hybridized carbons (Fsp3) is 0.485. The van der Waals surface area contributed by atoms with Gasteiger partial charge in [-0.15, -0.1) is 0 Å². The largest absolute Gasteiger partial charge is 0.493 e. The average molecular weight is 522 g/mol. The van der Waals surface area contributed by atoms with Crippen LogP contribution < -0.4 is 9.47 Å². The van der Waals surface area contributed by atoms with Crippen LogP contribution in [-0.4, -0.2) is 30.4 Å². The summed E-state index contributed by atoms with van der Waals surface area (Å²) in [4.78, 5) is 12.4. The number of fused-ring (bicyclic) bond motifs is 1. The van der Waals surface area contributed by atoms with Gasteiger partial charge in [-0.05, 0) is 64.8 Å². The molecule has 0 aliphatic carbocycles. The van der Waals surface area contributed by atoms with Crippen LogP contribution in [0.3, 0.4) is 0 Å². The number of methoxy groups -OCH3 is 2. The van der Waals surface area contributed by atoms with Crippen LogP contribution in [-0.2, 0) is 6.54 Å². The normalized spacial score (nSPS) is 10.6. The number of aliphatic imine (C=N–C) groups is 1. The number of rotatable bonds is 5. The minimum atomic E-state index is 0.514. The van der Waals surface area contributed by atoms with Gasteiger partial charge in [0.2, 0.25) is 0 Å². The van der Waals surface area contributed by atoms with Gasteiger partial charge in [0.05, 0.1) is 26.5 Å². The second-order valence-electron chi connectivity index (χ2n) is 9.09. The van der Waals surface area contributed by atoms with Crippen molar-refractivity contribution in [1.29, 1.82) is 0 Å². The molecule has 0 unspecified atom stereocenters. The lowest BCUT2D eigenvalue weighted by atomic mass is 9.98. The predicted octanol–water partition coefficient (Wildman–Crippen LogP) is 9.22. The van der Waals surface area contributed by atoms with E-state index in [1.54, 1.807) is 14.2 Å². The first-order chi connectivity index (χ1) is 18.3. The maximum absolute atomic E-state index is 5.20. The zero-order valence-corrected chi connectivity index (χ0v) is 25.9. The molecule has 0 spiro atoms. The van der Waals surface area contributed by atoms with E-state index in [-0.39, 0.29) is 0 Å². The Hall–Kier alpha value is -3.21. The Morgan fingerprint density at radius 3 is 1.71 bits per heavy atom. The first kappa shape index (κ1) is 34.8. The first-order valence-corrected chi connectivity index (χ1v) is 13.9. The van der Waals surface area contributed by atoms with Crippen LogP contribution in [0.5, 0.6) is 11.5 Å². The fourth-order valence-corrected chi connectivity index (χ4v) is 3.50. The summed E-state index contributed by atoms with van der Waals surface area (Å²) >= 11 is 0. The van der Waals surface area contributed by atoms with Crippen LogP contribution in [0.1, 0.15) is 115 Å². The van der Waals surface area contributed by atoms with E-state index in [0.717, 1.165) is 23.7 Å². The van der Waals surface area contributed by atoms with Crippen molar-refractivity contribution in [2.75, 3.05) is 14.2 Å². The van der Waals surface area contributed by atoms with Crippen molar-refractivity contribution in [1.82, 2.24) is 9.97 Å². The van der Waals surface area contributed by atoms with Gasteiger partial charge in [0, 0.05) is 30.4 Å². The molecule has 2 aromatic heterocycles. The topological polar surface area (TPSA) is 56.6 Å². The highest BCUT2D eigenvalue weighted by Crippen LogP contribution is 2.30. The Kier molecular flexibility index (Phi) is 18.2. The van der Waals surface area contributed by atoms with Gasteiger partial charge >= 0.3 is 0 Å². The molecule has 0 atom stereocenters. The number of hydrogen-bond acceptors (Lipinski definition) is 5. The van der Waals surface area contributed by atoms with E-state index >= 15 is 0 Å². The van der Waals surface area contributed by atoms with E-state index < -0.39 is 0 Å². The fourth-order valence-electron chi connectivity index (χ4n) is 3.50. The number of nitrogens with zero attached hydrogens (tertiary/aromatic N) is 3. The molecule has 0 amide bonds. The standard InChI is InChI=1S/C11H16O2.C10H12N2.C8H11N.2C2H6/c1-8(2)9-5-6-10(12-3)11(7-9)13-4;1-7(2)8-3-4-12-10-6-11-5-9(8)10;1-7(2)8-3-5-9-6-4-8;2*1-2/h5-8H,1-4H3;3-5,7H,6H2,1-2H3;3-7H,1-2H3;2*1-2H3. The second-order valence-corrected chi connectivity index (χ2v) is 9.09. The van der Waals surface area contributed by atoms with E-state index in [1.165, 1.54) is 22.3 Å². The summed E-state index contributed by atoms with van der Waals surface area (Å²) in [6.45, 7) is 21.8. The van der Waals surface area contributed by atoms with E-state index in [0.29, 0.717) is 17.8 Å². The van der Waals surface area contributed by atoms with Crippen molar-refractivity contribution in [3.05, 3.63) is 82.9 Å². The number of aromatic nitrogens is 2. The van der Waals surface area contributed by atoms with E-state index in [9.17, 15) is 0 Å². The smallest absolute Gasteiger partial charge is 0.160 e. The molecule has 5 nitrogen and oxygen atoms in total. The van der Waals surface area contributed by atoms with Crippen molar-refractivity contribution in [3.8, 4) is 11.5 Å². The monoisotopic (exact) mass is 521 g/mol. The van der Waals surface area contributed by atoms with Gasteiger partial charge in [-0.3, -0.25) is 15.0 Å². The number of pyridine rings is 2. The number of hydrogen-bond donors (Lipinski definition) is 0. The van der Waals surface area contributed by atoms with Crippen LogP contribution in [0, 0.1) is 0 Å². The molecule has 1 aliphatic heterocycles. The minimum Gasteiger partial charge on any atom is -0.493 e. The zero-order chi connectivity index (χ0) is 29.1. The highest BCUT2D eigenvalue weighted by Gasteiger charge is 2.13. The third kappa shape index (κ3) is 11.5. The lowest BCUT2D eigenvalue weighted by Gasteiger charge is -2.11. The quantitative estimate of drug-likeness (QED) is 0.336. The molecule has 0 saturated carbocycles. The Balaban J connectivity index is 0.000000513. The maximum atomic E-state index is 5.20. The molecule has 210 valence electrons. The van der Waals surface area contributed by atoms with Gasteiger partial charge in [-0.2, -0.15) is 0 Å². The Bertz CT molecular complexity index is 1050. The van der Waals surface area contributed by atoms with Crippen LogP contribution in [0.2, 0.25) is 0 Å². The van der Waals surface area contributed by atoms with Gasteiger partial charge in [-0.25, -0.2) is 0 Å².